The lowest BCUT2D eigenvalue weighted by Gasteiger charge is -2.43. The number of hydrogen-bond acceptors (Lipinski definition) is 4. The van der Waals surface area contributed by atoms with Crippen molar-refractivity contribution < 1.29 is 18.0 Å². The normalized spacial score (nSPS) is 14.7. The van der Waals surface area contributed by atoms with E-state index >= 15 is 0 Å². The number of rotatable bonds is 14. The van der Waals surface area contributed by atoms with Gasteiger partial charge in [0.05, 0.1) is 0 Å². The van der Waals surface area contributed by atoms with E-state index in [1.807, 2.05) is 6.07 Å². The predicted octanol–water partition coefficient (Wildman–Crippen LogP) is 11.3. The van der Waals surface area contributed by atoms with E-state index in [1.165, 1.54) is 11.1 Å². The van der Waals surface area contributed by atoms with Gasteiger partial charge in [-0.1, -0.05) is 113 Å². The molecule has 0 aromatic heterocycles. The first-order valence-corrected chi connectivity index (χ1v) is 21.3. The molecule has 0 fully saturated rings. The van der Waals surface area contributed by atoms with Crippen molar-refractivity contribution in [2.24, 2.45) is 0 Å². The lowest BCUT2D eigenvalue weighted by Crippen LogP contribution is -2.62. The van der Waals surface area contributed by atoms with Crippen molar-refractivity contribution in [3.63, 3.8) is 0 Å². The fourth-order valence-electron chi connectivity index (χ4n) is 7.67. The molecule has 0 radical (unpaired) electrons. The van der Waals surface area contributed by atoms with E-state index in [9.17, 15) is 0 Å². The highest BCUT2D eigenvalue weighted by Gasteiger charge is 2.53. The zero-order valence-corrected chi connectivity index (χ0v) is 33.5. The molecule has 0 N–H and O–H groups in total. The van der Waals surface area contributed by atoms with Crippen molar-refractivity contribution >= 4 is 22.1 Å². The second kappa shape index (κ2) is 15.2. The van der Waals surface area contributed by atoms with Gasteiger partial charge < -0.3 is 18.0 Å². The van der Waals surface area contributed by atoms with E-state index in [-0.39, 0.29) is 11.1 Å². The Morgan fingerprint density at radius 2 is 1.26 bits per heavy atom. The third-order valence-electron chi connectivity index (χ3n) is 9.81. The van der Waals surface area contributed by atoms with E-state index < -0.39 is 16.9 Å². The molecule has 3 rings (SSSR count). The summed E-state index contributed by atoms with van der Waals surface area (Å²) >= 11 is 0. The van der Waals surface area contributed by atoms with Crippen LogP contribution in [-0.4, -0.2) is 30.6 Å². The summed E-state index contributed by atoms with van der Waals surface area (Å²) in [6, 6.07) is 21.5. The molecule has 0 heterocycles. The van der Waals surface area contributed by atoms with Crippen molar-refractivity contribution in [1.82, 2.24) is 0 Å². The van der Waals surface area contributed by atoms with Crippen LogP contribution in [-0.2, 0) is 9.16 Å². The van der Waals surface area contributed by atoms with Crippen LogP contribution in [0.15, 0.2) is 60.7 Å². The average molecular weight is 663 g/mol. The third-order valence-corrected chi connectivity index (χ3v) is 20.0. The quantitative estimate of drug-likeness (QED) is 0.161. The molecule has 0 saturated carbocycles. The number of ether oxygens (including phenoxy) is 1. The fourth-order valence-corrected chi connectivity index (χ4v) is 16.2. The summed E-state index contributed by atoms with van der Waals surface area (Å²) < 4.78 is 27.2. The van der Waals surface area contributed by atoms with Crippen LogP contribution in [0.3, 0.4) is 0 Å². The second-order valence-corrected chi connectivity index (χ2v) is 24.5. The molecule has 0 aliphatic carbocycles. The maximum absolute atomic E-state index is 7.24. The molecule has 254 valence electrons. The topological polar surface area (TPSA) is 36.9 Å². The van der Waals surface area contributed by atoms with Gasteiger partial charge in [-0.05, 0) is 95.4 Å². The van der Waals surface area contributed by atoms with Crippen molar-refractivity contribution in [1.29, 1.82) is 0 Å². The van der Waals surface area contributed by atoms with Gasteiger partial charge >= 0.3 is 8.56 Å². The fraction of sp³-hybridized carbons (Fsp3) is 0.550. The summed E-state index contributed by atoms with van der Waals surface area (Å²) in [4.78, 5) is 0. The van der Waals surface area contributed by atoms with Crippen LogP contribution in [0.4, 0.5) is 0 Å². The Kier molecular flexibility index (Phi) is 12.6. The van der Waals surface area contributed by atoms with Gasteiger partial charge in [-0.25, -0.2) is 0 Å². The van der Waals surface area contributed by atoms with Crippen LogP contribution in [0.25, 0.3) is 0 Å². The summed E-state index contributed by atoms with van der Waals surface area (Å²) in [5, 5.41) is 0.926. The molecule has 2 atom stereocenters. The maximum Gasteiger partial charge on any atom is 0.439 e. The molecule has 3 aromatic rings. The van der Waals surface area contributed by atoms with Gasteiger partial charge in [0.2, 0.25) is 0 Å². The van der Waals surface area contributed by atoms with E-state index in [0.717, 1.165) is 33.4 Å². The SMILES string of the molecule is CCOC(c1ccc(O[Si](C(C)C)(C(C)C)C(C)C)c(C(C)C)c1)c1c(C)cc(O[Si](OC)(c2ccccc2)C(C)(C)C)cc1C. The molecule has 0 spiro atoms. The van der Waals surface area contributed by atoms with Crippen LogP contribution in [0, 0.1) is 13.8 Å². The summed E-state index contributed by atoms with van der Waals surface area (Å²) in [5.74, 6) is 2.19. The van der Waals surface area contributed by atoms with E-state index in [1.54, 1.807) is 7.11 Å². The molecule has 0 aliphatic rings. The van der Waals surface area contributed by atoms with Gasteiger partial charge in [-0.2, -0.15) is 0 Å². The minimum atomic E-state index is -2.87. The summed E-state index contributed by atoms with van der Waals surface area (Å²) in [7, 11) is -3.19. The highest BCUT2D eigenvalue weighted by Crippen LogP contribution is 2.46. The third kappa shape index (κ3) is 7.51. The molecule has 6 heteroatoms. The molecule has 3 aromatic carbocycles. The van der Waals surface area contributed by atoms with Crippen LogP contribution >= 0.6 is 0 Å². The largest absolute Gasteiger partial charge is 0.542 e. The monoisotopic (exact) mass is 662 g/mol. The van der Waals surface area contributed by atoms with Crippen molar-refractivity contribution in [2.75, 3.05) is 13.7 Å². The first kappa shape index (κ1) is 38.1. The predicted molar refractivity (Wildman–Crippen MR) is 201 cm³/mol. The lowest BCUT2D eigenvalue weighted by atomic mass is 9.90. The molecular weight excluding hydrogens is 601 g/mol. The zero-order valence-electron chi connectivity index (χ0n) is 31.5. The molecule has 0 saturated heterocycles. The highest BCUT2D eigenvalue weighted by molar-refractivity contribution is 6.84. The standard InChI is InChI=1S/C40H62O4Si2/c1-16-42-39(33-22-23-37(36(26-33)27(2)3)44-45(28(4)5,29(6)7)30(8)9)38-31(10)24-34(25-32(38)11)43-46(41-15,40(12,13)14)35-20-18-17-19-21-35/h17-30,39H,16H2,1-15H3. The Morgan fingerprint density at radius 3 is 1.70 bits per heavy atom. The minimum Gasteiger partial charge on any atom is -0.542 e. The number of hydrogen-bond donors (Lipinski definition) is 0. The Labute approximate surface area is 283 Å². The Bertz CT molecular complexity index is 1380. The van der Waals surface area contributed by atoms with Gasteiger partial charge in [0.1, 0.15) is 17.6 Å². The van der Waals surface area contributed by atoms with Crippen molar-refractivity contribution in [2.45, 2.75) is 131 Å². The number of benzene rings is 3. The Hall–Kier alpha value is -2.39. The number of aryl methyl sites for hydroxylation is 2. The maximum atomic E-state index is 7.24. The van der Waals surface area contributed by atoms with Gasteiger partial charge in [-0.3, -0.25) is 0 Å². The van der Waals surface area contributed by atoms with Gasteiger partial charge in [0, 0.05) is 23.9 Å². The van der Waals surface area contributed by atoms with Crippen molar-refractivity contribution in [3.05, 3.63) is 88.5 Å². The van der Waals surface area contributed by atoms with E-state index in [4.69, 9.17) is 18.0 Å². The molecule has 4 nitrogen and oxygen atoms in total. The first-order valence-electron chi connectivity index (χ1n) is 17.3. The smallest absolute Gasteiger partial charge is 0.439 e. The summed E-state index contributed by atoms with van der Waals surface area (Å²) in [5.41, 5.74) is 7.41. The van der Waals surface area contributed by atoms with Gasteiger partial charge in [-0.15, -0.1) is 0 Å². The molecular formula is C40H62O4Si2. The van der Waals surface area contributed by atoms with Gasteiger partial charge in [0.25, 0.3) is 8.32 Å². The van der Waals surface area contributed by atoms with E-state index in [2.05, 4.69) is 152 Å². The second-order valence-electron chi connectivity index (χ2n) is 15.2. The Morgan fingerprint density at radius 1 is 0.717 bits per heavy atom. The van der Waals surface area contributed by atoms with Crippen LogP contribution in [0.1, 0.15) is 123 Å². The Balaban J connectivity index is 2.12. The van der Waals surface area contributed by atoms with Crippen LogP contribution < -0.4 is 14.0 Å². The molecule has 46 heavy (non-hydrogen) atoms. The average Bonchev–Trinajstić information content (AvgIpc) is 2.97. The van der Waals surface area contributed by atoms with Crippen LogP contribution in [0.2, 0.25) is 21.7 Å². The molecule has 0 amide bonds. The summed E-state index contributed by atoms with van der Waals surface area (Å²) in [6.45, 7) is 32.3. The van der Waals surface area contributed by atoms with Crippen molar-refractivity contribution in [3.8, 4) is 11.5 Å². The molecule has 0 bridgehead atoms. The first-order chi connectivity index (χ1) is 21.5. The van der Waals surface area contributed by atoms with Crippen LogP contribution in [0.5, 0.6) is 11.5 Å². The minimum absolute atomic E-state index is 0.199. The van der Waals surface area contributed by atoms with Gasteiger partial charge in [0.15, 0.2) is 0 Å². The zero-order chi connectivity index (χ0) is 34.6. The lowest BCUT2D eigenvalue weighted by molar-refractivity contribution is 0.0903. The molecule has 0 aliphatic heterocycles. The summed E-state index contributed by atoms with van der Waals surface area (Å²) in [6.07, 6.45) is -0.200. The van der Waals surface area contributed by atoms with E-state index in [0.29, 0.717) is 29.1 Å². The molecule has 2 unspecified atom stereocenters. The highest BCUT2D eigenvalue weighted by atomic mass is 28.4.